The average molecular weight is 570 g/mol. The molecule has 5 rings (SSSR count). The fraction of sp³-hybridized carbons (Fsp3) is 0.824. The fourth-order valence-corrected chi connectivity index (χ4v) is 11.9. The number of aliphatic carboxylic acids is 1. The van der Waals surface area contributed by atoms with E-state index in [1.807, 2.05) is 0 Å². The Bertz CT molecular complexity index is 1180. The van der Waals surface area contributed by atoms with Gasteiger partial charge in [0.25, 0.3) is 0 Å². The minimum Gasteiger partial charge on any atom is -0.481 e. The molecule has 0 amide bonds. The van der Waals surface area contributed by atoms with Gasteiger partial charge in [-0.15, -0.1) is 0 Å². The second-order valence-corrected chi connectivity index (χ2v) is 15.5. The first-order valence-corrected chi connectivity index (χ1v) is 15.8. The Morgan fingerprint density at radius 2 is 1.59 bits per heavy atom. The van der Waals surface area contributed by atoms with E-state index in [1.165, 1.54) is 13.8 Å². The molecule has 0 saturated heterocycles. The molecule has 0 bridgehead atoms. The minimum absolute atomic E-state index is 0.00408. The van der Waals surface area contributed by atoms with Crippen molar-refractivity contribution in [1.82, 2.24) is 0 Å². The predicted octanol–water partition coefficient (Wildman–Crippen LogP) is 7.19. The van der Waals surface area contributed by atoms with Crippen molar-refractivity contribution in [2.45, 2.75) is 113 Å². The molecule has 0 radical (unpaired) electrons. The Morgan fingerprint density at radius 3 is 2.20 bits per heavy atom. The van der Waals surface area contributed by atoms with E-state index in [9.17, 15) is 19.5 Å². The maximum Gasteiger partial charge on any atom is 0.331 e. The van der Waals surface area contributed by atoms with Gasteiger partial charge in [0.1, 0.15) is 6.61 Å². The van der Waals surface area contributed by atoms with Gasteiger partial charge in [-0.1, -0.05) is 45.0 Å². The van der Waals surface area contributed by atoms with Crippen molar-refractivity contribution >= 4 is 23.6 Å². The van der Waals surface area contributed by atoms with Gasteiger partial charge in [0.2, 0.25) is 0 Å². The quantitative estimate of drug-likeness (QED) is 0.163. The summed E-state index contributed by atoms with van der Waals surface area (Å²) in [5.74, 6) is 0.145. The maximum atomic E-state index is 12.9. The highest BCUT2D eigenvalue weighted by Gasteiger charge is 2.72. The maximum absolute atomic E-state index is 12.9. The molecule has 228 valence electrons. The summed E-state index contributed by atoms with van der Waals surface area (Å²) < 4.78 is 5.67. The molecule has 0 aromatic rings. The Labute approximate surface area is 245 Å². The fourth-order valence-electron chi connectivity index (χ4n) is 11.9. The summed E-state index contributed by atoms with van der Waals surface area (Å²) in [6.07, 6.45) is 9.24. The van der Waals surface area contributed by atoms with Gasteiger partial charge in [0, 0.05) is 19.3 Å². The smallest absolute Gasteiger partial charge is 0.331 e. The molecule has 5 saturated carbocycles. The topological polar surface area (TPSA) is 102 Å². The first-order chi connectivity index (χ1) is 19.1. The van der Waals surface area contributed by atoms with Gasteiger partial charge < -0.3 is 14.7 Å². The van der Waals surface area contributed by atoms with Crippen molar-refractivity contribution < 1.29 is 29.1 Å². The molecule has 5 aliphatic rings. The minimum atomic E-state index is -0.617. The molecular weight excluding hydrogens is 518 g/mol. The summed E-state index contributed by atoms with van der Waals surface area (Å²) in [5, 5.41) is 14.9. The number of allylic oxidation sites excluding steroid dienone is 1. The molecule has 0 aromatic heterocycles. The molecule has 41 heavy (non-hydrogen) atoms. The van der Waals surface area contributed by atoms with E-state index in [0.29, 0.717) is 18.3 Å². The number of hydrogen-bond donors (Lipinski definition) is 1. The molecule has 7 heteroatoms. The van der Waals surface area contributed by atoms with Crippen LogP contribution in [0.5, 0.6) is 0 Å². The van der Waals surface area contributed by atoms with Gasteiger partial charge in [-0.25, -0.2) is 4.79 Å². The Hall–Kier alpha value is -2.18. The molecule has 7 nitrogen and oxygen atoms in total. The lowest BCUT2D eigenvalue weighted by Crippen LogP contribution is -2.67. The standard InChI is InChI=1S/C34H51NO6/c1-20(2)23-11-16-34(29(38)39)18-17-32(7)24(28(23)34)9-10-26-30(5)14-13-27(35-41-22(4)37)31(6,19-40-21(3)36)25(30)12-15-33(26,32)8/h23-26,28H,1,9-19H2,2-8H3,(H,38,39)/b35-27-/t23-,24+,25+,26+,28+,30-,31-,32+,33+,34-/m0/s1. The summed E-state index contributed by atoms with van der Waals surface area (Å²) in [4.78, 5) is 41.7. The molecule has 0 spiro atoms. The van der Waals surface area contributed by atoms with E-state index in [-0.39, 0.29) is 46.6 Å². The van der Waals surface area contributed by atoms with Crippen molar-refractivity contribution in [3.8, 4) is 0 Å². The number of carbonyl (C=O) groups excluding carboxylic acids is 2. The zero-order chi connectivity index (χ0) is 30.2. The number of esters is 1. The summed E-state index contributed by atoms with van der Waals surface area (Å²) >= 11 is 0. The van der Waals surface area contributed by atoms with Gasteiger partial charge in [-0.2, -0.15) is 0 Å². The van der Waals surface area contributed by atoms with Crippen LogP contribution >= 0.6 is 0 Å². The van der Waals surface area contributed by atoms with Crippen molar-refractivity contribution in [3.05, 3.63) is 12.2 Å². The number of nitrogens with zero attached hydrogens (tertiary/aromatic N) is 1. The van der Waals surface area contributed by atoms with Crippen LogP contribution in [0.2, 0.25) is 0 Å². The van der Waals surface area contributed by atoms with Crippen molar-refractivity contribution in [3.63, 3.8) is 0 Å². The lowest BCUT2D eigenvalue weighted by Gasteiger charge is -2.72. The third kappa shape index (κ3) is 4.17. The number of carboxylic acid groups (broad SMARTS) is 1. The van der Waals surface area contributed by atoms with Crippen molar-refractivity contribution in [2.24, 2.45) is 61.8 Å². The van der Waals surface area contributed by atoms with Crippen LogP contribution in [0.1, 0.15) is 113 Å². The number of carbonyl (C=O) groups is 3. The molecule has 10 atom stereocenters. The average Bonchev–Trinajstić information content (AvgIpc) is 3.29. The van der Waals surface area contributed by atoms with Crippen LogP contribution in [0.25, 0.3) is 0 Å². The second-order valence-electron chi connectivity index (χ2n) is 15.5. The largest absolute Gasteiger partial charge is 0.481 e. The Morgan fingerprint density at radius 1 is 0.878 bits per heavy atom. The van der Waals surface area contributed by atoms with Crippen LogP contribution in [-0.2, 0) is 24.0 Å². The van der Waals surface area contributed by atoms with E-state index >= 15 is 0 Å². The van der Waals surface area contributed by atoms with Crippen molar-refractivity contribution in [1.29, 1.82) is 0 Å². The summed E-state index contributed by atoms with van der Waals surface area (Å²) in [6, 6.07) is 0. The van der Waals surface area contributed by atoms with Crippen LogP contribution in [0.15, 0.2) is 17.3 Å². The van der Waals surface area contributed by atoms with Crippen LogP contribution < -0.4 is 0 Å². The van der Waals surface area contributed by atoms with Gasteiger partial charge in [-0.05, 0) is 117 Å². The lowest BCUT2D eigenvalue weighted by atomic mass is 9.32. The molecule has 5 fully saturated rings. The second kappa shape index (κ2) is 9.94. The number of hydrogen-bond acceptors (Lipinski definition) is 6. The highest BCUT2D eigenvalue weighted by atomic mass is 16.7. The van der Waals surface area contributed by atoms with E-state index in [4.69, 9.17) is 9.57 Å². The van der Waals surface area contributed by atoms with Crippen LogP contribution in [0.4, 0.5) is 0 Å². The summed E-state index contributed by atoms with van der Waals surface area (Å²) in [6.45, 7) is 19.1. The molecule has 1 N–H and O–H groups in total. The Kier molecular flexibility index (Phi) is 7.34. The molecule has 0 aliphatic heterocycles. The first-order valence-electron chi connectivity index (χ1n) is 15.8. The van der Waals surface area contributed by atoms with Gasteiger partial charge >= 0.3 is 17.9 Å². The van der Waals surface area contributed by atoms with E-state index < -0.39 is 22.8 Å². The number of rotatable bonds is 5. The highest BCUT2D eigenvalue weighted by Crippen LogP contribution is 2.77. The third-order valence-corrected chi connectivity index (χ3v) is 13.9. The van der Waals surface area contributed by atoms with Crippen LogP contribution in [0.3, 0.4) is 0 Å². The van der Waals surface area contributed by atoms with Gasteiger partial charge in [0.15, 0.2) is 0 Å². The number of carboxylic acids is 1. The number of fused-ring (bicyclic) bond motifs is 7. The highest BCUT2D eigenvalue weighted by molar-refractivity contribution is 5.91. The third-order valence-electron chi connectivity index (χ3n) is 13.9. The molecule has 0 heterocycles. The first kappa shape index (κ1) is 30.3. The molecule has 0 unspecified atom stereocenters. The van der Waals surface area contributed by atoms with E-state index in [0.717, 1.165) is 69.1 Å². The van der Waals surface area contributed by atoms with Crippen molar-refractivity contribution in [2.75, 3.05) is 6.61 Å². The summed E-state index contributed by atoms with van der Waals surface area (Å²) in [7, 11) is 0. The zero-order valence-corrected chi connectivity index (χ0v) is 26.3. The van der Waals surface area contributed by atoms with Crippen LogP contribution in [0, 0.1) is 56.7 Å². The lowest BCUT2D eigenvalue weighted by molar-refractivity contribution is -0.233. The van der Waals surface area contributed by atoms with E-state index in [1.54, 1.807) is 0 Å². The molecule has 5 aliphatic carbocycles. The zero-order valence-electron chi connectivity index (χ0n) is 26.3. The van der Waals surface area contributed by atoms with Crippen LogP contribution in [-0.4, -0.2) is 35.3 Å². The summed E-state index contributed by atoms with van der Waals surface area (Å²) in [5.41, 5.74) is 0.945. The molecule has 0 aromatic carbocycles. The monoisotopic (exact) mass is 569 g/mol. The SMILES string of the molecule is C=C(C)[C@@H]1CC[C@]2(C(=O)O)CC[C@]3(C)[C@H](CC[C@@H]4[C@@]5(C)CC/C(=N/OC(C)=O)[C@@](C)(COC(C)=O)[C@@H]5CC[C@]43C)[C@@H]12. The normalized spacial score (nSPS) is 47.8. The number of oxime groups is 1. The predicted molar refractivity (Wildman–Crippen MR) is 157 cm³/mol. The van der Waals surface area contributed by atoms with Gasteiger partial charge in [0.05, 0.1) is 11.1 Å². The Balaban J connectivity index is 1.53. The number of ether oxygens (including phenoxy) is 1. The molecular formula is C34H51NO6. The van der Waals surface area contributed by atoms with E-state index in [2.05, 4.69) is 46.4 Å². The van der Waals surface area contributed by atoms with Gasteiger partial charge in [-0.3, -0.25) is 9.59 Å².